The zero-order chi connectivity index (χ0) is 15.2. The van der Waals surface area contributed by atoms with E-state index in [1.807, 2.05) is 18.2 Å². The first-order chi connectivity index (χ1) is 10.1. The number of methoxy groups -OCH3 is 1. The van der Waals surface area contributed by atoms with Crippen LogP contribution >= 0.6 is 11.6 Å². The SMILES string of the molecule is COc1ccc([C@@H](N)CO)cc1COc1ccc(Cl)cc1. The summed E-state index contributed by atoms with van der Waals surface area (Å²) in [7, 11) is 1.60. The molecule has 0 fully saturated rings. The lowest BCUT2D eigenvalue weighted by Gasteiger charge is -2.14. The molecular formula is C16H18ClNO3. The Morgan fingerprint density at radius 3 is 2.52 bits per heavy atom. The Balaban J connectivity index is 2.15. The highest BCUT2D eigenvalue weighted by molar-refractivity contribution is 6.30. The number of aliphatic hydroxyl groups excluding tert-OH is 1. The highest BCUT2D eigenvalue weighted by Gasteiger charge is 2.10. The lowest BCUT2D eigenvalue weighted by Crippen LogP contribution is -2.15. The summed E-state index contributed by atoms with van der Waals surface area (Å²) < 4.78 is 11.0. The van der Waals surface area contributed by atoms with Crippen molar-refractivity contribution < 1.29 is 14.6 Å². The van der Waals surface area contributed by atoms with Gasteiger partial charge in [-0.25, -0.2) is 0 Å². The van der Waals surface area contributed by atoms with Gasteiger partial charge in [0.15, 0.2) is 0 Å². The lowest BCUT2D eigenvalue weighted by atomic mass is 10.0. The van der Waals surface area contributed by atoms with Crippen LogP contribution < -0.4 is 15.2 Å². The second kappa shape index (κ2) is 7.31. The molecule has 0 aliphatic heterocycles. The highest BCUT2D eigenvalue weighted by atomic mass is 35.5. The van der Waals surface area contributed by atoms with Gasteiger partial charge < -0.3 is 20.3 Å². The van der Waals surface area contributed by atoms with Gasteiger partial charge in [-0.05, 0) is 42.0 Å². The van der Waals surface area contributed by atoms with Crippen LogP contribution in [0, 0.1) is 0 Å². The summed E-state index contributed by atoms with van der Waals surface area (Å²) in [5.74, 6) is 1.44. The molecule has 112 valence electrons. The van der Waals surface area contributed by atoms with Crippen LogP contribution in [-0.2, 0) is 6.61 Å². The standard InChI is InChI=1S/C16H18ClNO3/c1-20-16-7-2-11(15(18)9-19)8-12(16)10-21-14-5-3-13(17)4-6-14/h2-8,15,19H,9-10,18H2,1H3/t15-/m0/s1. The quantitative estimate of drug-likeness (QED) is 0.861. The van der Waals surface area contributed by atoms with Gasteiger partial charge in [0.2, 0.25) is 0 Å². The summed E-state index contributed by atoms with van der Waals surface area (Å²) in [6.45, 7) is 0.237. The molecule has 0 spiro atoms. The Bertz CT molecular complexity index is 587. The molecule has 0 amide bonds. The third-order valence-electron chi connectivity index (χ3n) is 3.14. The zero-order valence-electron chi connectivity index (χ0n) is 11.8. The molecule has 0 aliphatic carbocycles. The van der Waals surface area contributed by atoms with E-state index >= 15 is 0 Å². The van der Waals surface area contributed by atoms with Gasteiger partial charge in [-0.15, -0.1) is 0 Å². The van der Waals surface area contributed by atoms with Gasteiger partial charge in [0.05, 0.1) is 19.8 Å². The van der Waals surface area contributed by atoms with Gasteiger partial charge in [-0.1, -0.05) is 17.7 Å². The molecule has 0 bridgehead atoms. The van der Waals surface area contributed by atoms with E-state index in [9.17, 15) is 0 Å². The third-order valence-corrected chi connectivity index (χ3v) is 3.39. The lowest BCUT2D eigenvalue weighted by molar-refractivity contribution is 0.267. The minimum absolute atomic E-state index is 0.107. The van der Waals surface area contributed by atoms with E-state index in [2.05, 4.69) is 0 Å². The van der Waals surface area contributed by atoms with Crippen molar-refractivity contribution in [1.82, 2.24) is 0 Å². The minimum Gasteiger partial charge on any atom is -0.496 e. The molecule has 0 unspecified atom stereocenters. The summed E-state index contributed by atoms with van der Waals surface area (Å²) in [5, 5.41) is 9.80. The van der Waals surface area contributed by atoms with Crippen LogP contribution in [0.5, 0.6) is 11.5 Å². The molecule has 5 heteroatoms. The Morgan fingerprint density at radius 2 is 1.90 bits per heavy atom. The molecular weight excluding hydrogens is 290 g/mol. The van der Waals surface area contributed by atoms with Gasteiger partial charge in [0, 0.05) is 10.6 Å². The van der Waals surface area contributed by atoms with Crippen molar-refractivity contribution in [2.45, 2.75) is 12.6 Å². The first kappa shape index (κ1) is 15.6. The van der Waals surface area contributed by atoms with Crippen molar-refractivity contribution in [3.63, 3.8) is 0 Å². The van der Waals surface area contributed by atoms with Crippen LogP contribution in [0.15, 0.2) is 42.5 Å². The zero-order valence-corrected chi connectivity index (χ0v) is 12.5. The molecule has 0 heterocycles. The second-order valence-electron chi connectivity index (χ2n) is 4.60. The van der Waals surface area contributed by atoms with Crippen molar-refractivity contribution in [3.8, 4) is 11.5 Å². The maximum Gasteiger partial charge on any atom is 0.125 e. The van der Waals surface area contributed by atoms with Crippen LogP contribution in [0.1, 0.15) is 17.2 Å². The normalized spacial score (nSPS) is 12.0. The van der Waals surface area contributed by atoms with E-state index in [1.165, 1.54) is 0 Å². The summed E-state index contributed by atoms with van der Waals surface area (Å²) in [4.78, 5) is 0. The smallest absolute Gasteiger partial charge is 0.125 e. The molecule has 0 radical (unpaired) electrons. The number of ether oxygens (including phenoxy) is 2. The summed E-state index contributed by atoms with van der Waals surface area (Å²) in [5.41, 5.74) is 7.54. The summed E-state index contributed by atoms with van der Waals surface area (Å²) >= 11 is 5.83. The third kappa shape index (κ3) is 4.11. The van der Waals surface area contributed by atoms with Crippen LogP contribution in [0.25, 0.3) is 0 Å². The van der Waals surface area contributed by atoms with Crippen molar-refractivity contribution in [3.05, 3.63) is 58.6 Å². The van der Waals surface area contributed by atoms with E-state index in [0.29, 0.717) is 11.6 Å². The Kier molecular flexibility index (Phi) is 5.44. The molecule has 0 aromatic heterocycles. The van der Waals surface area contributed by atoms with Gasteiger partial charge in [0.25, 0.3) is 0 Å². The molecule has 21 heavy (non-hydrogen) atoms. The van der Waals surface area contributed by atoms with Crippen molar-refractivity contribution in [1.29, 1.82) is 0 Å². The average molecular weight is 308 g/mol. The number of aliphatic hydroxyl groups is 1. The number of hydrogen-bond acceptors (Lipinski definition) is 4. The first-order valence-corrected chi connectivity index (χ1v) is 6.93. The van der Waals surface area contributed by atoms with E-state index < -0.39 is 6.04 Å². The number of benzene rings is 2. The van der Waals surface area contributed by atoms with Crippen molar-refractivity contribution in [2.75, 3.05) is 13.7 Å². The van der Waals surface area contributed by atoms with Crippen LogP contribution in [0.2, 0.25) is 5.02 Å². The fourth-order valence-electron chi connectivity index (χ4n) is 1.94. The van der Waals surface area contributed by atoms with E-state index in [1.54, 1.807) is 31.4 Å². The summed E-state index contributed by atoms with van der Waals surface area (Å²) in [6.07, 6.45) is 0. The van der Waals surface area contributed by atoms with Crippen LogP contribution in [0.4, 0.5) is 0 Å². The first-order valence-electron chi connectivity index (χ1n) is 6.55. The van der Waals surface area contributed by atoms with Crippen molar-refractivity contribution in [2.24, 2.45) is 5.73 Å². The molecule has 2 aromatic rings. The minimum atomic E-state index is -0.412. The highest BCUT2D eigenvalue weighted by Crippen LogP contribution is 2.25. The number of nitrogens with two attached hydrogens (primary N) is 1. The number of hydrogen-bond donors (Lipinski definition) is 2. The predicted molar refractivity (Wildman–Crippen MR) is 82.8 cm³/mol. The van der Waals surface area contributed by atoms with E-state index in [4.69, 9.17) is 31.9 Å². The average Bonchev–Trinajstić information content (AvgIpc) is 2.53. The summed E-state index contributed by atoms with van der Waals surface area (Å²) in [6, 6.07) is 12.3. The second-order valence-corrected chi connectivity index (χ2v) is 5.04. The number of rotatable bonds is 6. The van der Waals surface area contributed by atoms with E-state index in [-0.39, 0.29) is 6.61 Å². The molecule has 0 saturated carbocycles. The molecule has 3 N–H and O–H groups in total. The van der Waals surface area contributed by atoms with Gasteiger partial charge >= 0.3 is 0 Å². The van der Waals surface area contributed by atoms with Crippen LogP contribution in [0.3, 0.4) is 0 Å². The fraction of sp³-hybridized carbons (Fsp3) is 0.250. The topological polar surface area (TPSA) is 64.7 Å². The van der Waals surface area contributed by atoms with Crippen LogP contribution in [-0.4, -0.2) is 18.8 Å². The maximum absolute atomic E-state index is 9.14. The van der Waals surface area contributed by atoms with E-state index in [0.717, 1.165) is 22.6 Å². The van der Waals surface area contributed by atoms with Gasteiger partial charge in [-0.2, -0.15) is 0 Å². The molecule has 2 aromatic carbocycles. The van der Waals surface area contributed by atoms with Gasteiger partial charge in [0.1, 0.15) is 18.1 Å². The largest absolute Gasteiger partial charge is 0.496 e. The Hall–Kier alpha value is -1.75. The molecule has 0 saturated heterocycles. The molecule has 2 rings (SSSR count). The molecule has 0 aliphatic rings. The fourth-order valence-corrected chi connectivity index (χ4v) is 2.07. The predicted octanol–water partition coefficient (Wildman–Crippen LogP) is 2.92. The van der Waals surface area contributed by atoms with Gasteiger partial charge in [-0.3, -0.25) is 0 Å². The monoisotopic (exact) mass is 307 g/mol. The molecule has 4 nitrogen and oxygen atoms in total. The maximum atomic E-state index is 9.14. The Morgan fingerprint density at radius 1 is 1.19 bits per heavy atom. The number of halogens is 1. The van der Waals surface area contributed by atoms with Crippen molar-refractivity contribution >= 4 is 11.6 Å². The molecule has 1 atom stereocenters. The Labute approximate surface area is 129 Å².